The van der Waals surface area contributed by atoms with Gasteiger partial charge in [0.1, 0.15) is 5.75 Å². The molecule has 0 aliphatic heterocycles. The minimum Gasteiger partial charge on any atom is -0.493 e. The number of nitrogen functional groups attached to an aromatic ring is 1. The fourth-order valence-corrected chi connectivity index (χ4v) is 1.82. The molecule has 2 rings (SSSR count). The summed E-state index contributed by atoms with van der Waals surface area (Å²) >= 11 is 3.43. The number of halogens is 1. The molecule has 0 saturated heterocycles. The molecule has 1 heterocycles. The van der Waals surface area contributed by atoms with Crippen molar-refractivity contribution in [1.82, 2.24) is 15.2 Å². The molecule has 16 heavy (non-hydrogen) atoms. The van der Waals surface area contributed by atoms with Gasteiger partial charge in [-0.3, -0.25) is 5.10 Å². The van der Waals surface area contributed by atoms with Crippen molar-refractivity contribution in [2.24, 2.45) is 0 Å². The highest BCUT2D eigenvalue weighted by Gasteiger charge is 2.07. The molecule has 5 nitrogen and oxygen atoms in total. The second kappa shape index (κ2) is 4.52. The molecule has 2 aromatic rings. The second-order valence-electron chi connectivity index (χ2n) is 3.12. The number of hydrogen-bond donors (Lipinski definition) is 2. The van der Waals surface area contributed by atoms with Crippen molar-refractivity contribution in [3.8, 4) is 17.1 Å². The first-order valence-corrected chi connectivity index (χ1v) is 5.60. The Morgan fingerprint density at radius 1 is 1.50 bits per heavy atom. The number of benzene rings is 1. The van der Waals surface area contributed by atoms with Gasteiger partial charge in [-0.05, 0) is 41.1 Å². The van der Waals surface area contributed by atoms with Crippen LogP contribution >= 0.6 is 15.9 Å². The van der Waals surface area contributed by atoms with E-state index in [0.29, 0.717) is 12.4 Å². The van der Waals surface area contributed by atoms with Gasteiger partial charge in [-0.15, -0.1) is 5.10 Å². The van der Waals surface area contributed by atoms with Gasteiger partial charge in [-0.2, -0.15) is 4.98 Å². The zero-order chi connectivity index (χ0) is 11.5. The summed E-state index contributed by atoms with van der Waals surface area (Å²) in [5, 5.41) is 6.53. The van der Waals surface area contributed by atoms with E-state index >= 15 is 0 Å². The summed E-state index contributed by atoms with van der Waals surface area (Å²) in [6.07, 6.45) is 0. The summed E-state index contributed by atoms with van der Waals surface area (Å²) in [7, 11) is 0. The Balaban J connectivity index is 2.34. The van der Waals surface area contributed by atoms with Crippen LogP contribution in [0.15, 0.2) is 22.7 Å². The molecule has 1 aromatic carbocycles. The summed E-state index contributed by atoms with van der Waals surface area (Å²) in [4.78, 5) is 4.05. The van der Waals surface area contributed by atoms with Gasteiger partial charge in [0, 0.05) is 5.56 Å². The van der Waals surface area contributed by atoms with Crippen LogP contribution in [-0.4, -0.2) is 21.8 Å². The first kappa shape index (κ1) is 10.9. The third-order valence-electron chi connectivity index (χ3n) is 2.01. The van der Waals surface area contributed by atoms with Gasteiger partial charge in [0.25, 0.3) is 0 Å². The van der Waals surface area contributed by atoms with Crippen LogP contribution in [0.2, 0.25) is 0 Å². The van der Waals surface area contributed by atoms with E-state index in [1.54, 1.807) is 0 Å². The topological polar surface area (TPSA) is 76.8 Å². The van der Waals surface area contributed by atoms with Crippen LogP contribution in [0.3, 0.4) is 0 Å². The fourth-order valence-electron chi connectivity index (χ4n) is 1.32. The molecule has 0 unspecified atom stereocenters. The lowest BCUT2D eigenvalue weighted by Crippen LogP contribution is -1.92. The fraction of sp³-hybridized carbons (Fsp3) is 0.200. The minimum atomic E-state index is 0.236. The van der Waals surface area contributed by atoms with E-state index < -0.39 is 0 Å². The molecule has 0 aliphatic rings. The van der Waals surface area contributed by atoms with E-state index in [4.69, 9.17) is 10.5 Å². The van der Waals surface area contributed by atoms with Crippen LogP contribution in [0, 0.1) is 0 Å². The molecule has 84 valence electrons. The molecule has 0 aliphatic carbocycles. The van der Waals surface area contributed by atoms with Gasteiger partial charge in [0.15, 0.2) is 5.82 Å². The summed E-state index contributed by atoms with van der Waals surface area (Å²) < 4.78 is 6.29. The quantitative estimate of drug-likeness (QED) is 0.905. The summed E-state index contributed by atoms with van der Waals surface area (Å²) in [6, 6.07) is 5.68. The first-order chi connectivity index (χ1) is 7.70. The SMILES string of the molecule is CCOc1ccc(-c2nc(N)n[nH]2)cc1Br. The molecule has 0 bridgehead atoms. The Bertz CT molecular complexity index is 497. The highest BCUT2D eigenvalue weighted by Crippen LogP contribution is 2.29. The van der Waals surface area contributed by atoms with Crippen molar-refractivity contribution in [2.75, 3.05) is 12.3 Å². The van der Waals surface area contributed by atoms with Crippen molar-refractivity contribution in [3.05, 3.63) is 22.7 Å². The van der Waals surface area contributed by atoms with E-state index in [9.17, 15) is 0 Å². The number of ether oxygens (including phenoxy) is 1. The molecule has 3 N–H and O–H groups in total. The second-order valence-corrected chi connectivity index (χ2v) is 3.97. The number of hydrogen-bond acceptors (Lipinski definition) is 4. The highest BCUT2D eigenvalue weighted by molar-refractivity contribution is 9.10. The molecule has 1 aromatic heterocycles. The molecule has 0 spiro atoms. The highest BCUT2D eigenvalue weighted by atomic mass is 79.9. The number of anilines is 1. The number of aromatic nitrogens is 3. The minimum absolute atomic E-state index is 0.236. The summed E-state index contributed by atoms with van der Waals surface area (Å²) in [5.74, 6) is 1.68. The molecule has 0 atom stereocenters. The smallest absolute Gasteiger partial charge is 0.239 e. The lowest BCUT2D eigenvalue weighted by Gasteiger charge is -2.06. The molecule has 0 amide bonds. The number of H-pyrrole nitrogens is 1. The predicted molar refractivity (Wildman–Crippen MR) is 65.1 cm³/mol. The van der Waals surface area contributed by atoms with Gasteiger partial charge >= 0.3 is 0 Å². The Hall–Kier alpha value is -1.56. The maximum Gasteiger partial charge on any atom is 0.239 e. The van der Waals surface area contributed by atoms with Gasteiger partial charge in [-0.1, -0.05) is 0 Å². The van der Waals surface area contributed by atoms with Crippen molar-refractivity contribution >= 4 is 21.9 Å². The Kier molecular flexibility index (Phi) is 3.09. The van der Waals surface area contributed by atoms with Crippen molar-refractivity contribution < 1.29 is 4.74 Å². The summed E-state index contributed by atoms with van der Waals surface area (Å²) in [6.45, 7) is 2.57. The molecule has 0 fully saturated rings. The van der Waals surface area contributed by atoms with E-state index in [-0.39, 0.29) is 5.95 Å². The Morgan fingerprint density at radius 3 is 2.88 bits per heavy atom. The normalized spacial score (nSPS) is 10.4. The summed E-state index contributed by atoms with van der Waals surface area (Å²) in [5.41, 5.74) is 6.34. The lowest BCUT2D eigenvalue weighted by atomic mass is 10.2. The van der Waals surface area contributed by atoms with Crippen LogP contribution in [0.25, 0.3) is 11.4 Å². The Labute approximate surface area is 101 Å². The van der Waals surface area contributed by atoms with Crippen LogP contribution in [0.5, 0.6) is 5.75 Å². The van der Waals surface area contributed by atoms with Gasteiger partial charge < -0.3 is 10.5 Å². The predicted octanol–water partition coefficient (Wildman–Crippen LogP) is 2.22. The third-order valence-corrected chi connectivity index (χ3v) is 2.63. The zero-order valence-electron chi connectivity index (χ0n) is 8.70. The molecule has 0 radical (unpaired) electrons. The van der Waals surface area contributed by atoms with Gasteiger partial charge in [0.2, 0.25) is 5.95 Å². The average molecular weight is 283 g/mol. The van der Waals surface area contributed by atoms with E-state index in [1.165, 1.54) is 0 Å². The molecular formula is C10H11BrN4O. The van der Waals surface area contributed by atoms with Crippen molar-refractivity contribution in [3.63, 3.8) is 0 Å². The zero-order valence-corrected chi connectivity index (χ0v) is 10.3. The van der Waals surface area contributed by atoms with Crippen molar-refractivity contribution in [1.29, 1.82) is 0 Å². The van der Waals surface area contributed by atoms with Gasteiger partial charge in [0.05, 0.1) is 11.1 Å². The number of nitrogens with one attached hydrogen (secondary N) is 1. The van der Waals surface area contributed by atoms with Crippen LogP contribution in [0.1, 0.15) is 6.92 Å². The lowest BCUT2D eigenvalue weighted by molar-refractivity contribution is 0.338. The van der Waals surface area contributed by atoms with Crippen LogP contribution in [0.4, 0.5) is 5.95 Å². The van der Waals surface area contributed by atoms with Crippen LogP contribution in [-0.2, 0) is 0 Å². The van der Waals surface area contributed by atoms with E-state index in [1.807, 2.05) is 25.1 Å². The standard InChI is InChI=1S/C10H11BrN4O/c1-2-16-8-4-3-6(5-7(8)11)9-13-10(12)15-14-9/h3-5H,2H2,1H3,(H3,12,13,14,15). The number of nitrogens with two attached hydrogens (primary N) is 1. The van der Waals surface area contributed by atoms with Crippen molar-refractivity contribution in [2.45, 2.75) is 6.92 Å². The first-order valence-electron chi connectivity index (χ1n) is 4.81. The monoisotopic (exact) mass is 282 g/mol. The number of aromatic amines is 1. The maximum atomic E-state index is 5.44. The number of nitrogens with zero attached hydrogens (tertiary/aromatic N) is 2. The van der Waals surface area contributed by atoms with E-state index in [0.717, 1.165) is 15.8 Å². The largest absolute Gasteiger partial charge is 0.493 e. The maximum absolute atomic E-state index is 5.44. The molecule has 0 saturated carbocycles. The third kappa shape index (κ3) is 2.16. The Morgan fingerprint density at radius 2 is 2.31 bits per heavy atom. The average Bonchev–Trinajstić information content (AvgIpc) is 2.68. The molecular weight excluding hydrogens is 272 g/mol. The van der Waals surface area contributed by atoms with Gasteiger partial charge in [-0.25, -0.2) is 0 Å². The molecule has 6 heteroatoms. The van der Waals surface area contributed by atoms with Crippen LogP contribution < -0.4 is 10.5 Å². The van der Waals surface area contributed by atoms with E-state index in [2.05, 4.69) is 31.1 Å². The number of rotatable bonds is 3.